The van der Waals surface area contributed by atoms with Crippen molar-refractivity contribution in [1.82, 2.24) is 19.9 Å². The van der Waals surface area contributed by atoms with Crippen LogP contribution >= 0.6 is 0 Å². The third kappa shape index (κ3) is 3.86. The summed E-state index contributed by atoms with van der Waals surface area (Å²) in [6, 6.07) is 28.0. The van der Waals surface area contributed by atoms with Gasteiger partial charge >= 0.3 is 0 Å². The summed E-state index contributed by atoms with van der Waals surface area (Å²) in [5.74, 6) is -0.122. The molecule has 0 saturated carbocycles. The zero-order valence-corrected chi connectivity index (χ0v) is 27.0. The molecule has 0 fully saturated rings. The first kappa shape index (κ1) is 28.4. The van der Waals surface area contributed by atoms with Crippen LogP contribution in [0.25, 0.3) is 44.3 Å². The molecule has 0 aliphatic heterocycles. The van der Waals surface area contributed by atoms with Gasteiger partial charge in [0.15, 0.2) is 11.6 Å². The molecule has 5 aromatic carbocycles. The van der Waals surface area contributed by atoms with Gasteiger partial charge in [0.25, 0.3) is 0 Å². The van der Waals surface area contributed by atoms with E-state index in [-0.39, 0.29) is 22.4 Å². The number of ketones is 2. The maximum atomic E-state index is 13.9. The van der Waals surface area contributed by atoms with Gasteiger partial charge in [0.2, 0.25) is 0 Å². The summed E-state index contributed by atoms with van der Waals surface area (Å²) < 4.78 is 0. The number of hydrogen-bond donors (Lipinski definition) is 0. The van der Waals surface area contributed by atoms with Crippen molar-refractivity contribution < 1.29 is 9.59 Å². The summed E-state index contributed by atoms with van der Waals surface area (Å²) in [6.45, 7) is 8.93. The smallest absolute Gasteiger partial charge is 0.195 e. The largest absolute Gasteiger partial charge is 0.289 e. The van der Waals surface area contributed by atoms with Crippen LogP contribution in [0, 0.1) is 0 Å². The number of rotatable bonds is 4. The Bertz CT molecular complexity index is 2380. The molecule has 230 valence electrons. The summed E-state index contributed by atoms with van der Waals surface area (Å²) in [7, 11) is 0. The van der Waals surface area contributed by atoms with Crippen LogP contribution in [-0.4, -0.2) is 31.5 Å². The zero-order valence-electron chi connectivity index (χ0n) is 27.0. The number of benzene rings is 5. The van der Waals surface area contributed by atoms with Crippen molar-refractivity contribution >= 4 is 33.6 Å². The van der Waals surface area contributed by atoms with Gasteiger partial charge in [-0.2, -0.15) is 0 Å². The second-order valence-corrected chi connectivity index (χ2v) is 13.8. The lowest BCUT2D eigenvalue weighted by atomic mass is 9.79. The van der Waals surface area contributed by atoms with Gasteiger partial charge in [-0.05, 0) is 93.0 Å². The van der Waals surface area contributed by atoms with Crippen molar-refractivity contribution in [2.45, 2.75) is 38.5 Å². The Hall–Kier alpha value is -5.88. The molecule has 2 aromatic heterocycles. The zero-order chi connectivity index (χ0) is 32.9. The summed E-state index contributed by atoms with van der Waals surface area (Å²) in [4.78, 5) is 45.4. The molecular weight excluding hydrogens is 592 g/mol. The molecule has 0 N–H and O–H groups in total. The summed E-state index contributed by atoms with van der Waals surface area (Å²) in [6.07, 6.45) is 6.53. The molecule has 2 aliphatic carbocycles. The molecule has 0 saturated heterocycles. The molecule has 0 bridgehead atoms. The molecule has 0 radical (unpaired) electrons. The van der Waals surface area contributed by atoms with Crippen LogP contribution in [0.15, 0.2) is 110 Å². The van der Waals surface area contributed by atoms with E-state index in [1.807, 2.05) is 48.5 Å². The predicted molar refractivity (Wildman–Crippen MR) is 188 cm³/mol. The number of aromatic nitrogens is 4. The van der Waals surface area contributed by atoms with Crippen LogP contribution in [0.2, 0.25) is 0 Å². The molecule has 9 rings (SSSR count). The molecule has 48 heavy (non-hydrogen) atoms. The fourth-order valence-corrected chi connectivity index (χ4v) is 7.91. The van der Waals surface area contributed by atoms with Crippen molar-refractivity contribution in [2.75, 3.05) is 0 Å². The lowest BCUT2D eigenvalue weighted by Crippen LogP contribution is -2.17. The first-order valence-electron chi connectivity index (χ1n) is 16.1. The quantitative estimate of drug-likeness (QED) is 0.183. The molecule has 6 nitrogen and oxygen atoms in total. The van der Waals surface area contributed by atoms with E-state index in [4.69, 9.17) is 0 Å². The number of fused-ring (bicyclic) bond motifs is 8. The van der Waals surface area contributed by atoms with E-state index in [0.717, 1.165) is 22.3 Å². The third-order valence-corrected chi connectivity index (χ3v) is 10.5. The topological polar surface area (TPSA) is 85.7 Å². The van der Waals surface area contributed by atoms with Gasteiger partial charge in [0.05, 0.1) is 33.2 Å². The normalized spacial score (nSPS) is 14.8. The monoisotopic (exact) mass is 622 g/mol. The highest BCUT2D eigenvalue weighted by atomic mass is 16.1. The fraction of sp³-hybridized carbons (Fsp3) is 0.143. The number of nitrogens with zero attached hydrogens (tertiary/aromatic N) is 4. The van der Waals surface area contributed by atoms with Gasteiger partial charge in [-0.25, -0.2) is 0 Å². The molecule has 7 aromatic rings. The minimum Gasteiger partial charge on any atom is -0.289 e. The molecule has 0 unspecified atom stereocenters. The Morgan fingerprint density at radius 2 is 0.854 bits per heavy atom. The van der Waals surface area contributed by atoms with Crippen molar-refractivity contribution in [1.29, 1.82) is 0 Å². The van der Waals surface area contributed by atoms with E-state index in [2.05, 4.69) is 84.0 Å². The van der Waals surface area contributed by atoms with Gasteiger partial charge in [0.1, 0.15) is 0 Å². The summed E-state index contributed by atoms with van der Waals surface area (Å²) in [5.41, 5.74) is 13.8. The predicted octanol–water partition coefficient (Wildman–Crippen LogP) is 8.65. The molecule has 2 aliphatic rings. The fourth-order valence-electron chi connectivity index (χ4n) is 7.91. The maximum absolute atomic E-state index is 13.9. The van der Waals surface area contributed by atoms with Gasteiger partial charge in [-0.15, -0.1) is 0 Å². The Labute approximate surface area is 277 Å². The molecule has 0 atom stereocenters. The first-order chi connectivity index (χ1) is 23.1. The standard InChI is InChI=1S/C42H30N4O2/c1-41(2)31-19-23(39(47)27-7-5-9-35-37(27)45-17-15-43-35)11-13-25(31)29-22-34-30(21-33(29)41)26-14-12-24(20-32(26)42(34,3)4)40(48)28-8-6-10-36-38(28)46-18-16-44-36/h5-22H,1-4H3. The first-order valence-corrected chi connectivity index (χ1v) is 16.1. The Kier molecular flexibility index (Phi) is 5.80. The Morgan fingerprint density at radius 3 is 1.29 bits per heavy atom. The second-order valence-electron chi connectivity index (χ2n) is 13.8. The lowest BCUT2D eigenvalue weighted by Gasteiger charge is -2.24. The van der Waals surface area contributed by atoms with Gasteiger partial charge < -0.3 is 0 Å². The van der Waals surface area contributed by atoms with E-state index in [0.29, 0.717) is 44.3 Å². The average Bonchev–Trinajstić information content (AvgIpc) is 3.48. The van der Waals surface area contributed by atoms with E-state index >= 15 is 0 Å². The number of carbonyl (C=O) groups excluding carboxylic acids is 2. The van der Waals surface area contributed by atoms with E-state index in [1.165, 1.54) is 22.3 Å². The molecule has 0 amide bonds. The number of hydrogen-bond acceptors (Lipinski definition) is 6. The highest BCUT2D eigenvalue weighted by molar-refractivity contribution is 6.16. The Morgan fingerprint density at radius 1 is 0.458 bits per heavy atom. The SMILES string of the molecule is CC1(C)c2cc(C(=O)c3cccc4nccnc34)ccc2-c2cc3c(cc21)-c1ccc(C(=O)c2cccc4nccnc24)cc1C3(C)C. The van der Waals surface area contributed by atoms with Crippen LogP contribution < -0.4 is 0 Å². The minimum absolute atomic E-state index is 0.0610. The lowest BCUT2D eigenvalue weighted by molar-refractivity contribution is 0.103. The average molecular weight is 623 g/mol. The van der Waals surface area contributed by atoms with E-state index < -0.39 is 0 Å². The third-order valence-electron chi connectivity index (χ3n) is 10.5. The summed E-state index contributed by atoms with van der Waals surface area (Å²) in [5, 5.41) is 0. The van der Waals surface area contributed by atoms with Gasteiger partial charge in [0, 0.05) is 46.7 Å². The number of para-hydroxylation sites is 2. The van der Waals surface area contributed by atoms with Crippen molar-refractivity contribution in [3.8, 4) is 22.3 Å². The van der Waals surface area contributed by atoms with Crippen LogP contribution in [-0.2, 0) is 10.8 Å². The van der Waals surface area contributed by atoms with Crippen LogP contribution in [0.1, 0.15) is 81.8 Å². The van der Waals surface area contributed by atoms with E-state index in [1.54, 1.807) is 24.8 Å². The van der Waals surface area contributed by atoms with Crippen LogP contribution in [0.5, 0.6) is 0 Å². The van der Waals surface area contributed by atoms with Crippen molar-refractivity contribution in [2.24, 2.45) is 0 Å². The second kappa shape index (κ2) is 9.81. The van der Waals surface area contributed by atoms with Crippen molar-refractivity contribution in [3.05, 3.63) is 154 Å². The van der Waals surface area contributed by atoms with Gasteiger partial charge in [-0.3, -0.25) is 29.5 Å². The van der Waals surface area contributed by atoms with Gasteiger partial charge in [-0.1, -0.05) is 64.1 Å². The maximum Gasteiger partial charge on any atom is 0.195 e. The molecule has 0 spiro atoms. The van der Waals surface area contributed by atoms with E-state index in [9.17, 15) is 9.59 Å². The highest BCUT2D eigenvalue weighted by Gasteiger charge is 2.42. The van der Waals surface area contributed by atoms with Crippen LogP contribution in [0.3, 0.4) is 0 Å². The Balaban J connectivity index is 1.12. The van der Waals surface area contributed by atoms with Crippen molar-refractivity contribution in [3.63, 3.8) is 0 Å². The molecule has 6 heteroatoms. The molecule has 2 heterocycles. The minimum atomic E-state index is -0.327. The molecular formula is C42H30N4O2. The highest BCUT2D eigenvalue weighted by Crippen LogP contribution is 2.56. The number of carbonyl (C=O) groups is 2. The van der Waals surface area contributed by atoms with Crippen LogP contribution in [0.4, 0.5) is 0 Å². The summed E-state index contributed by atoms with van der Waals surface area (Å²) >= 11 is 0.